The van der Waals surface area contributed by atoms with Gasteiger partial charge in [-0.15, -0.1) is 11.3 Å². The first kappa shape index (κ1) is 11.0. The average Bonchev–Trinajstić information content (AvgIpc) is 2.84. The number of furan rings is 1. The summed E-state index contributed by atoms with van der Waals surface area (Å²) >= 11 is 1.64. The van der Waals surface area contributed by atoms with E-state index in [1.165, 1.54) is 0 Å². The summed E-state index contributed by atoms with van der Waals surface area (Å²) in [4.78, 5) is 14.0. The molecule has 16 heavy (non-hydrogen) atoms. The number of thiophene rings is 1. The minimum atomic E-state index is -0.0433. The molecule has 0 radical (unpaired) electrons. The van der Waals surface area contributed by atoms with Crippen LogP contribution in [0.3, 0.4) is 0 Å². The van der Waals surface area contributed by atoms with Gasteiger partial charge in [-0.25, -0.2) is 0 Å². The van der Waals surface area contributed by atoms with Gasteiger partial charge >= 0.3 is 0 Å². The minimum absolute atomic E-state index is 0.0433. The number of carbonyl (C=O) groups is 1. The van der Waals surface area contributed by atoms with E-state index in [0.717, 1.165) is 21.1 Å². The highest BCUT2D eigenvalue weighted by Gasteiger charge is 2.11. The van der Waals surface area contributed by atoms with Gasteiger partial charge in [-0.3, -0.25) is 4.79 Å². The summed E-state index contributed by atoms with van der Waals surface area (Å²) in [5.74, 6) is 0.719. The van der Waals surface area contributed by atoms with Crippen LogP contribution in [0.25, 0.3) is 0 Å². The second-order valence-corrected chi connectivity index (χ2v) is 5.05. The van der Waals surface area contributed by atoms with Crippen molar-refractivity contribution in [3.63, 3.8) is 0 Å². The first-order valence-corrected chi connectivity index (χ1v) is 5.86. The van der Waals surface area contributed by atoms with E-state index in [1.807, 2.05) is 32.0 Å². The highest BCUT2D eigenvalue weighted by molar-refractivity contribution is 7.12. The van der Waals surface area contributed by atoms with E-state index in [9.17, 15) is 4.79 Å². The van der Waals surface area contributed by atoms with Crippen molar-refractivity contribution in [3.8, 4) is 0 Å². The van der Waals surface area contributed by atoms with Crippen LogP contribution >= 0.6 is 11.3 Å². The molecule has 0 aliphatic rings. The number of carbonyl (C=O) groups excluding carboxylic acids is 1. The SMILES string of the molecule is Cc1cc(C(=O)NCc2ccco2)c(C)s1. The molecule has 0 aromatic carbocycles. The fourth-order valence-electron chi connectivity index (χ4n) is 1.53. The van der Waals surface area contributed by atoms with E-state index in [1.54, 1.807) is 17.6 Å². The lowest BCUT2D eigenvalue weighted by molar-refractivity contribution is 0.0948. The van der Waals surface area contributed by atoms with E-state index >= 15 is 0 Å². The normalized spacial score (nSPS) is 10.4. The second-order valence-electron chi connectivity index (χ2n) is 3.59. The van der Waals surface area contributed by atoms with Crippen LogP contribution < -0.4 is 5.32 Å². The highest BCUT2D eigenvalue weighted by Crippen LogP contribution is 2.20. The van der Waals surface area contributed by atoms with E-state index < -0.39 is 0 Å². The zero-order chi connectivity index (χ0) is 11.5. The molecule has 0 bridgehead atoms. The Morgan fingerprint density at radius 2 is 2.31 bits per heavy atom. The molecule has 2 rings (SSSR count). The molecule has 2 aromatic heterocycles. The van der Waals surface area contributed by atoms with Gasteiger partial charge in [0.05, 0.1) is 18.4 Å². The van der Waals surface area contributed by atoms with Gasteiger partial charge in [-0.2, -0.15) is 0 Å². The summed E-state index contributed by atoms with van der Waals surface area (Å²) in [7, 11) is 0. The molecule has 0 atom stereocenters. The Labute approximate surface area is 98.1 Å². The Morgan fingerprint density at radius 1 is 1.50 bits per heavy atom. The van der Waals surface area contributed by atoms with E-state index in [0.29, 0.717) is 6.54 Å². The molecule has 4 heteroatoms. The third kappa shape index (κ3) is 2.33. The fourth-order valence-corrected chi connectivity index (χ4v) is 2.45. The van der Waals surface area contributed by atoms with Crippen LogP contribution in [-0.4, -0.2) is 5.91 Å². The molecule has 0 spiro atoms. The zero-order valence-electron chi connectivity index (χ0n) is 9.24. The van der Waals surface area contributed by atoms with Crippen molar-refractivity contribution in [2.75, 3.05) is 0 Å². The van der Waals surface area contributed by atoms with Crippen LogP contribution in [0.4, 0.5) is 0 Å². The van der Waals surface area contributed by atoms with Gasteiger partial charge in [0.2, 0.25) is 0 Å². The molecule has 0 saturated heterocycles. The molecule has 84 valence electrons. The average molecular weight is 235 g/mol. The van der Waals surface area contributed by atoms with Gasteiger partial charge in [0.1, 0.15) is 5.76 Å². The maximum atomic E-state index is 11.8. The van der Waals surface area contributed by atoms with Crippen LogP contribution in [0.15, 0.2) is 28.9 Å². The van der Waals surface area contributed by atoms with E-state index in [2.05, 4.69) is 5.32 Å². The molecular formula is C12H13NO2S. The van der Waals surface area contributed by atoms with Crippen LogP contribution in [-0.2, 0) is 6.54 Å². The monoisotopic (exact) mass is 235 g/mol. The Balaban J connectivity index is 2.01. The van der Waals surface area contributed by atoms with Crippen LogP contribution in [0, 0.1) is 13.8 Å². The van der Waals surface area contributed by atoms with Crippen molar-refractivity contribution in [1.29, 1.82) is 0 Å². The number of aryl methyl sites for hydroxylation is 2. The lowest BCUT2D eigenvalue weighted by Crippen LogP contribution is -2.22. The molecule has 0 saturated carbocycles. The first-order chi connectivity index (χ1) is 7.66. The maximum Gasteiger partial charge on any atom is 0.252 e. The molecule has 3 nitrogen and oxygen atoms in total. The Hall–Kier alpha value is -1.55. The molecule has 0 unspecified atom stereocenters. The molecule has 1 amide bonds. The fraction of sp³-hybridized carbons (Fsp3) is 0.250. The van der Waals surface area contributed by atoms with Crippen molar-refractivity contribution in [3.05, 3.63) is 45.5 Å². The smallest absolute Gasteiger partial charge is 0.252 e. The molecule has 2 heterocycles. The van der Waals surface area contributed by atoms with Crippen LogP contribution in [0.1, 0.15) is 25.9 Å². The Kier molecular flexibility index (Phi) is 3.10. The largest absolute Gasteiger partial charge is 0.467 e. The van der Waals surface area contributed by atoms with Crippen molar-refractivity contribution in [2.45, 2.75) is 20.4 Å². The summed E-state index contributed by atoms with van der Waals surface area (Å²) in [6.07, 6.45) is 1.60. The van der Waals surface area contributed by atoms with E-state index in [4.69, 9.17) is 4.42 Å². The predicted octanol–water partition coefficient (Wildman–Crippen LogP) is 2.89. The van der Waals surface area contributed by atoms with Crippen LogP contribution in [0.2, 0.25) is 0 Å². The predicted molar refractivity (Wildman–Crippen MR) is 63.7 cm³/mol. The van der Waals surface area contributed by atoms with E-state index in [-0.39, 0.29) is 5.91 Å². The number of hydrogen-bond donors (Lipinski definition) is 1. The lowest BCUT2D eigenvalue weighted by atomic mass is 10.2. The van der Waals surface area contributed by atoms with Gasteiger partial charge in [0.25, 0.3) is 5.91 Å². The summed E-state index contributed by atoms with van der Waals surface area (Å²) in [5, 5.41) is 2.83. The van der Waals surface area contributed by atoms with Crippen molar-refractivity contribution in [2.24, 2.45) is 0 Å². The standard InChI is InChI=1S/C12H13NO2S/c1-8-6-11(9(2)16-8)12(14)13-7-10-4-3-5-15-10/h3-6H,7H2,1-2H3,(H,13,14). The summed E-state index contributed by atoms with van der Waals surface area (Å²) < 4.78 is 5.14. The third-order valence-corrected chi connectivity index (χ3v) is 3.25. The molecule has 2 aromatic rings. The van der Waals surface area contributed by atoms with Gasteiger partial charge in [-0.1, -0.05) is 0 Å². The first-order valence-electron chi connectivity index (χ1n) is 5.04. The van der Waals surface area contributed by atoms with Crippen LogP contribution in [0.5, 0.6) is 0 Å². The zero-order valence-corrected chi connectivity index (χ0v) is 10.1. The molecule has 0 aliphatic heterocycles. The third-order valence-electron chi connectivity index (χ3n) is 2.29. The minimum Gasteiger partial charge on any atom is -0.467 e. The molecule has 1 N–H and O–H groups in total. The number of rotatable bonds is 3. The molecule has 0 aliphatic carbocycles. The van der Waals surface area contributed by atoms with Gasteiger partial charge in [0, 0.05) is 9.75 Å². The highest BCUT2D eigenvalue weighted by atomic mass is 32.1. The van der Waals surface area contributed by atoms with Crippen molar-refractivity contribution in [1.82, 2.24) is 5.32 Å². The Morgan fingerprint density at radius 3 is 2.88 bits per heavy atom. The molecular weight excluding hydrogens is 222 g/mol. The van der Waals surface area contributed by atoms with Gasteiger partial charge < -0.3 is 9.73 Å². The lowest BCUT2D eigenvalue weighted by Gasteiger charge is -2.01. The van der Waals surface area contributed by atoms with Crippen molar-refractivity contribution < 1.29 is 9.21 Å². The second kappa shape index (κ2) is 4.53. The topological polar surface area (TPSA) is 42.2 Å². The quantitative estimate of drug-likeness (QED) is 0.888. The molecule has 0 fully saturated rings. The maximum absolute atomic E-state index is 11.8. The Bertz CT molecular complexity index is 485. The summed E-state index contributed by atoms with van der Waals surface area (Å²) in [6, 6.07) is 5.56. The van der Waals surface area contributed by atoms with Gasteiger partial charge in [0.15, 0.2) is 0 Å². The van der Waals surface area contributed by atoms with Gasteiger partial charge in [-0.05, 0) is 32.0 Å². The number of amides is 1. The number of hydrogen-bond acceptors (Lipinski definition) is 3. The summed E-state index contributed by atoms with van der Waals surface area (Å²) in [5.41, 5.74) is 0.758. The van der Waals surface area contributed by atoms with Crippen molar-refractivity contribution >= 4 is 17.2 Å². The number of nitrogens with one attached hydrogen (secondary N) is 1. The summed E-state index contributed by atoms with van der Waals surface area (Å²) in [6.45, 7) is 4.39.